The predicted molar refractivity (Wildman–Crippen MR) is 79.5 cm³/mol. The third kappa shape index (κ3) is 3.48. The van der Waals surface area contributed by atoms with Crippen molar-refractivity contribution in [3.8, 4) is 0 Å². The van der Waals surface area contributed by atoms with Crippen LogP contribution in [0.4, 0.5) is 0 Å². The average Bonchev–Trinajstić information content (AvgIpc) is 2.77. The number of ketones is 1. The van der Waals surface area contributed by atoms with Crippen LogP contribution in [0.1, 0.15) is 52.3 Å². The van der Waals surface area contributed by atoms with Gasteiger partial charge in [0.1, 0.15) is 4.75 Å². The van der Waals surface area contributed by atoms with Crippen LogP contribution >= 0.6 is 0 Å². The van der Waals surface area contributed by atoms with Crippen LogP contribution in [0.15, 0.2) is 12.3 Å². The van der Waals surface area contributed by atoms with E-state index in [0.717, 1.165) is 19.1 Å². The molecule has 0 aromatic carbocycles. The number of Topliss-reactive ketones (excluding diaryl/α,β-unsaturated/α-hetero) is 1. The molecule has 0 spiro atoms. The molecule has 0 aliphatic rings. The van der Waals surface area contributed by atoms with E-state index in [1.165, 1.54) is 13.8 Å². The lowest BCUT2D eigenvalue weighted by molar-refractivity contribution is -0.120. The zero-order valence-electron chi connectivity index (χ0n) is 12.9. The number of sulfone groups is 1. The molecular formula is C14H24N2O3S. The summed E-state index contributed by atoms with van der Waals surface area (Å²) in [6, 6.07) is 2.11. The first-order valence-electron chi connectivity index (χ1n) is 6.90. The molecule has 0 aliphatic carbocycles. The predicted octanol–water partition coefficient (Wildman–Crippen LogP) is 2.18. The first kappa shape index (κ1) is 16.9. The molecule has 6 heteroatoms. The number of rotatable bonds is 7. The molecule has 1 heterocycles. The molecule has 0 amide bonds. The van der Waals surface area contributed by atoms with Crippen LogP contribution in [0.2, 0.25) is 0 Å². The Morgan fingerprint density at radius 3 is 2.35 bits per heavy atom. The number of carbonyl (C=O) groups is 1. The Balaban J connectivity index is 2.88. The van der Waals surface area contributed by atoms with E-state index >= 15 is 0 Å². The smallest absolute Gasteiger partial charge is 0.159 e. The maximum absolute atomic E-state index is 12.2. The normalized spacial score (nSPS) is 12.9. The van der Waals surface area contributed by atoms with Crippen LogP contribution in [0.25, 0.3) is 0 Å². The van der Waals surface area contributed by atoms with Crippen molar-refractivity contribution >= 4 is 15.6 Å². The van der Waals surface area contributed by atoms with Crippen LogP contribution in [0.3, 0.4) is 0 Å². The highest BCUT2D eigenvalue weighted by Crippen LogP contribution is 2.20. The minimum absolute atomic E-state index is 0.0488. The number of aromatic nitrogens is 2. The van der Waals surface area contributed by atoms with Crippen LogP contribution in [0.5, 0.6) is 0 Å². The highest BCUT2D eigenvalue weighted by Gasteiger charge is 2.38. The Morgan fingerprint density at radius 1 is 1.35 bits per heavy atom. The fourth-order valence-corrected chi connectivity index (χ4v) is 2.41. The SMILES string of the molecule is CCC(CC)n1ccc(CC(=O)C(C)(C)S(C)(=O)=O)n1. The third-order valence-corrected chi connectivity index (χ3v) is 6.00. The topological polar surface area (TPSA) is 69.0 Å². The second-order valence-corrected chi connectivity index (χ2v) is 8.20. The molecule has 1 aromatic heterocycles. The third-order valence-electron chi connectivity index (χ3n) is 3.92. The van der Waals surface area contributed by atoms with Gasteiger partial charge >= 0.3 is 0 Å². The average molecular weight is 300 g/mol. The fourth-order valence-electron chi connectivity index (χ4n) is 1.92. The van der Waals surface area contributed by atoms with E-state index in [9.17, 15) is 13.2 Å². The maximum atomic E-state index is 12.2. The molecule has 0 atom stereocenters. The standard InChI is InChI=1S/C14H24N2O3S/c1-6-12(7-2)16-9-8-11(15-16)10-13(17)14(3,4)20(5,18)19/h8-9,12H,6-7,10H2,1-5H3. The van der Waals surface area contributed by atoms with Gasteiger partial charge in [-0.15, -0.1) is 0 Å². The van der Waals surface area contributed by atoms with Crippen molar-refractivity contribution in [2.75, 3.05) is 6.26 Å². The van der Waals surface area contributed by atoms with Gasteiger partial charge in [0.05, 0.1) is 18.2 Å². The highest BCUT2D eigenvalue weighted by atomic mass is 32.2. The highest BCUT2D eigenvalue weighted by molar-refractivity contribution is 7.92. The number of hydrogen-bond acceptors (Lipinski definition) is 4. The lowest BCUT2D eigenvalue weighted by Crippen LogP contribution is -2.41. The summed E-state index contributed by atoms with van der Waals surface area (Å²) in [6.45, 7) is 7.08. The first-order chi connectivity index (χ1) is 9.13. The zero-order chi connectivity index (χ0) is 15.6. The molecule has 5 nitrogen and oxygen atoms in total. The van der Waals surface area contributed by atoms with E-state index in [4.69, 9.17) is 0 Å². The van der Waals surface area contributed by atoms with Crippen LogP contribution in [-0.2, 0) is 21.1 Å². The van der Waals surface area contributed by atoms with E-state index in [0.29, 0.717) is 11.7 Å². The van der Waals surface area contributed by atoms with Gasteiger partial charge in [0.15, 0.2) is 15.6 Å². The van der Waals surface area contributed by atoms with Crippen molar-refractivity contribution in [3.63, 3.8) is 0 Å². The molecule has 0 fully saturated rings. The molecule has 0 aliphatic heterocycles. The maximum Gasteiger partial charge on any atom is 0.159 e. The van der Waals surface area contributed by atoms with Crippen molar-refractivity contribution in [2.45, 2.75) is 57.7 Å². The van der Waals surface area contributed by atoms with E-state index in [2.05, 4.69) is 18.9 Å². The van der Waals surface area contributed by atoms with Gasteiger partial charge in [0.25, 0.3) is 0 Å². The van der Waals surface area contributed by atoms with Crippen molar-refractivity contribution < 1.29 is 13.2 Å². The van der Waals surface area contributed by atoms with Crippen molar-refractivity contribution in [1.82, 2.24) is 9.78 Å². The number of nitrogens with zero attached hydrogens (tertiary/aromatic N) is 2. The molecule has 0 saturated carbocycles. The Morgan fingerprint density at radius 2 is 1.90 bits per heavy atom. The molecule has 0 saturated heterocycles. The molecule has 20 heavy (non-hydrogen) atoms. The summed E-state index contributed by atoms with van der Waals surface area (Å²) in [6.07, 6.45) is 4.94. The van der Waals surface area contributed by atoms with Gasteiger partial charge in [0, 0.05) is 12.5 Å². The molecule has 0 radical (unpaired) electrons. The van der Waals surface area contributed by atoms with E-state index in [-0.39, 0.29) is 12.2 Å². The second-order valence-electron chi connectivity index (χ2n) is 5.64. The Labute approximate surface area is 121 Å². The molecule has 114 valence electrons. The summed E-state index contributed by atoms with van der Waals surface area (Å²) < 4.78 is 23.8. The largest absolute Gasteiger partial charge is 0.298 e. The Bertz CT molecular complexity index is 569. The van der Waals surface area contributed by atoms with Crippen LogP contribution in [0, 0.1) is 0 Å². The van der Waals surface area contributed by atoms with Gasteiger partial charge in [-0.25, -0.2) is 8.42 Å². The van der Waals surface area contributed by atoms with Gasteiger partial charge in [-0.1, -0.05) is 13.8 Å². The quantitative estimate of drug-likeness (QED) is 0.774. The number of carbonyl (C=O) groups excluding carboxylic acids is 1. The Hall–Kier alpha value is -1.17. The fraction of sp³-hybridized carbons (Fsp3) is 0.714. The zero-order valence-corrected chi connectivity index (χ0v) is 13.7. The summed E-state index contributed by atoms with van der Waals surface area (Å²) in [5, 5.41) is 4.39. The van der Waals surface area contributed by atoms with Crippen molar-refractivity contribution in [3.05, 3.63) is 18.0 Å². The van der Waals surface area contributed by atoms with Gasteiger partial charge < -0.3 is 0 Å². The van der Waals surface area contributed by atoms with Gasteiger partial charge in [-0.2, -0.15) is 5.10 Å². The van der Waals surface area contributed by atoms with Crippen LogP contribution in [-0.4, -0.2) is 35.0 Å². The van der Waals surface area contributed by atoms with Crippen molar-refractivity contribution in [1.29, 1.82) is 0 Å². The van der Waals surface area contributed by atoms with Gasteiger partial charge in [-0.05, 0) is 32.8 Å². The molecule has 0 unspecified atom stereocenters. The summed E-state index contributed by atoms with van der Waals surface area (Å²) in [5.41, 5.74) is 0.624. The molecule has 0 bridgehead atoms. The molecule has 1 aromatic rings. The minimum atomic E-state index is -3.42. The second kappa shape index (κ2) is 6.08. The molecule has 1 rings (SSSR count). The summed E-state index contributed by atoms with van der Waals surface area (Å²) in [5.74, 6) is -0.324. The first-order valence-corrected chi connectivity index (χ1v) is 8.79. The lowest BCUT2D eigenvalue weighted by atomic mass is 10.0. The summed E-state index contributed by atoms with van der Waals surface area (Å²) in [7, 11) is -3.42. The van der Waals surface area contributed by atoms with E-state index in [1.54, 1.807) is 6.07 Å². The minimum Gasteiger partial charge on any atom is -0.298 e. The van der Waals surface area contributed by atoms with Gasteiger partial charge in [-0.3, -0.25) is 9.48 Å². The van der Waals surface area contributed by atoms with Gasteiger partial charge in [0.2, 0.25) is 0 Å². The van der Waals surface area contributed by atoms with Crippen LogP contribution < -0.4 is 0 Å². The Kier molecular flexibility index (Phi) is 5.13. The summed E-state index contributed by atoms with van der Waals surface area (Å²) in [4.78, 5) is 12.2. The lowest BCUT2D eigenvalue weighted by Gasteiger charge is -2.20. The molecule has 0 N–H and O–H groups in total. The molecular weight excluding hydrogens is 276 g/mol. The van der Waals surface area contributed by atoms with Crippen molar-refractivity contribution in [2.24, 2.45) is 0 Å². The monoisotopic (exact) mass is 300 g/mol. The summed E-state index contributed by atoms with van der Waals surface area (Å²) >= 11 is 0. The van der Waals surface area contributed by atoms with E-state index in [1.807, 2.05) is 10.9 Å². The van der Waals surface area contributed by atoms with E-state index < -0.39 is 14.6 Å². The number of hydrogen-bond donors (Lipinski definition) is 0.